The number of carbonyl (C=O) groups excluding carboxylic acids is 1. The molecule has 106 valence electrons. The van der Waals surface area contributed by atoms with Gasteiger partial charge in [-0.15, -0.1) is 11.3 Å². The molecule has 1 aromatic heterocycles. The number of hydrogen-bond donors (Lipinski definition) is 0. The molecule has 0 bridgehead atoms. The van der Waals surface area contributed by atoms with Crippen LogP contribution in [-0.4, -0.2) is 34.9 Å². The maximum absolute atomic E-state index is 11.9. The Kier molecular flexibility index (Phi) is 5.09. The van der Waals surface area contributed by atoms with Crippen LogP contribution in [0.5, 0.6) is 0 Å². The highest BCUT2D eigenvalue weighted by molar-refractivity contribution is 7.84. The van der Waals surface area contributed by atoms with Crippen LogP contribution in [0.2, 0.25) is 0 Å². The zero-order valence-corrected chi connectivity index (χ0v) is 13.2. The van der Waals surface area contributed by atoms with E-state index in [0.29, 0.717) is 5.75 Å². The van der Waals surface area contributed by atoms with Gasteiger partial charge in [0.05, 0.1) is 0 Å². The lowest BCUT2D eigenvalue weighted by Crippen LogP contribution is -2.27. The lowest BCUT2D eigenvalue weighted by molar-refractivity contribution is -0.125. The average molecular weight is 307 g/mol. The largest absolute Gasteiger partial charge is 0.348 e. The number of carbonyl (C=O) groups is 1. The number of hydrogen-bond acceptors (Lipinski definition) is 3. The van der Waals surface area contributed by atoms with Crippen molar-refractivity contribution >= 4 is 28.0 Å². The third kappa shape index (κ3) is 4.02. The summed E-state index contributed by atoms with van der Waals surface area (Å²) in [5, 5.41) is 2.05. The summed E-state index contributed by atoms with van der Waals surface area (Å²) in [5.41, 5.74) is 2.16. The van der Waals surface area contributed by atoms with Crippen LogP contribution < -0.4 is 0 Å². The van der Waals surface area contributed by atoms with E-state index in [2.05, 4.69) is 6.07 Å². The Bertz CT molecular complexity index is 589. The third-order valence-electron chi connectivity index (χ3n) is 2.87. The van der Waals surface area contributed by atoms with Gasteiger partial charge in [0.15, 0.2) is 0 Å². The van der Waals surface area contributed by atoms with Crippen LogP contribution in [0, 0.1) is 0 Å². The molecule has 0 radical (unpaired) electrons. The summed E-state index contributed by atoms with van der Waals surface area (Å²) in [5.74, 6) is 0.405. The van der Waals surface area contributed by atoms with Gasteiger partial charge in [0.2, 0.25) is 5.91 Å². The van der Waals surface area contributed by atoms with Crippen molar-refractivity contribution in [2.75, 3.05) is 19.8 Å². The Morgan fingerprint density at radius 3 is 2.45 bits per heavy atom. The molecule has 0 spiro atoms. The first-order chi connectivity index (χ1) is 9.56. The molecular weight excluding hydrogens is 290 g/mol. The van der Waals surface area contributed by atoms with Crippen molar-refractivity contribution in [3.05, 3.63) is 47.3 Å². The zero-order chi connectivity index (χ0) is 14.5. The fraction of sp³-hybridized carbons (Fsp3) is 0.267. The summed E-state index contributed by atoms with van der Waals surface area (Å²) in [6.45, 7) is 0. The van der Waals surface area contributed by atoms with Crippen LogP contribution in [0.15, 0.2) is 41.8 Å². The predicted molar refractivity (Wildman–Crippen MR) is 85.2 cm³/mol. The Balaban J connectivity index is 1.97. The maximum atomic E-state index is 11.9. The second-order valence-corrected chi connectivity index (χ2v) is 7.10. The normalized spacial score (nSPS) is 12.1. The summed E-state index contributed by atoms with van der Waals surface area (Å²) < 4.78 is 11.9. The van der Waals surface area contributed by atoms with Gasteiger partial charge in [-0.3, -0.25) is 9.00 Å². The van der Waals surface area contributed by atoms with Crippen molar-refractivity contribution < 1.29 is 9.00 Å². The molecule has 20 heavy (non-hydrogen) atoms. The second-order valence-electron chi connectivity index (χ2n) is 4.69. The SMILES string of the molecule is CN(C)C(=O)C[S@](=O)Cc1ccc(-c2cccs2)cc1. The monoisotopic (exact) mass is 307 g/mol. The Hall–Kier alpha value is -1.46. The fourth-order valence-electron chi connectivity index (χ4n) is 1.71. The van der Waals surface area contributed by atoms with E-state index >= 15 is 0 Å². The number of rotatable bonds is 5. The van der Waals surface area contributed by atoms with Crippen LogP contribution in [0.3, 0.4) is 0 Å². The molecule has 3 nitrogen and oxygen atoms in total. The van der Waals surface area contributed by atoms with E-state index < -0.39 is 10.8 Å². The lowest BCUT2D eigenvalue weighted by Gasteiger charge is -2.09. The van der Waals surface area contributed by atoms with E-state index in [1.807, 2.05) is 35.7 Å². The highest BCUT2D eigenvalue weighted by atomic mass is 32.2. The van der Waals surface area contributed by atoms with Gasteiger partial charge in [0.1, 0.15) is 5.75 Å². The predicted octanol–water partition coefficient (Wildman–Crippen LogP) is 2.75. The first kappa shape index (κ1) is 14.9. The van der Waals surface area contributed by atoms with E-state index in [-0.39, 0.29) is 11.7 Å². The molecule has 0 unspecified atom stereocenters. The third-order valence-corrected chi connectivity index (χ3v) is 5.01. The molecule has 0 N–H and O–H groups in total. The summed E-state index contributed by atoms with van der Waals surface area (Å²) in [7, 11) is 2.20. The number of nitrogens with zero attached hydrogens (tertiary/aromatic N) is 1. The Morgan fingerprint density at radius 1 is 1.20 bits per heavy atom. The molecule has 0 fully saturated rings. The summed E-state index contributed by atoms with van der Waals surface area (Å²) in [6.07, 6.45) is 0. The topological polar surface area (TPSA) is 37.4 Å². The first-order valence-corrected chi connectivity index (χ1v) is 8.61. The first-order valence-electron chi connectivity index (χ1n) is 6.24. The molecule has 0 aliphatic carbocycles. The summed E-state index contributed by atoms with van der Waals surface area (Å²) in [4.78, 5) is 14.2. The maximum Gasteiger partial charge on any atom is 0.234 e. The fourth-order valence-corrected chi connectivity index (χ4v) is 3.64. The minimum absolute atomic E-state index is 0.0830. The lowest BCUT2D eigenvalue weighted by atomic mass is 10.1. The van der Waals surface area contributed by atoms with Crippen LogP contribution >= 0.6 is 11.3 Å². The van der Waals surface area contributed by atoms with E-state index in [1.165, 1.54) is 15.3 Å². The minimum atomic E-state index is -1.15. The van der Waals surface area contributed by atoms with Crippen molar-refractivity contribution in [1.82, 2.24) is 4.90 Å². The van der Waals surface area contributed by atoms with Gasteiger partial charge in [0.25, 0.3) is 0 Å². The van der Waals surface area contributed by atoms with Crippen LogP contribution in [-0.2, 0) is 21.3 Å². The van der Waals surface area contributed by atoms with Crippen LogP contribution in [0.25, 0.3) is 10.4 Å². The molecule has 2 rings (SSSR count). The molecule has 1 amide bonds. The van der Waals surface area contributed by atoms with Crippen LogP contribution in [0.1, 0.15) is 5.56 Å². The van der Waals surface area contributed by atoms with Crippen molar-refractivity contribution in [2.45, 2.75) is 5.75 Å². The van der Waals surface area contributed by atoms with Gasteiger partial charge in [-0.05, 0) is 22.6 Å². The molecule has 5 heteroatoms. The molecular formula is C15H17NO2S2. The summed E-state index contributed by atoms with van der Waals surface area (Å²) >= 11 is 1.70. The second kappa shape index (κ2) is 6.81. The van der Waals surface area contributed by atoms with Gasteiger partial charge in [-0.25, -0.2) is 0 Å². The van der Waals surface area contributed by atoms with Gasteiger partial charge < -0.3 is 4.90 Å². The standard InChI is InChI=1S/C15H17NO2S2/c1-16(2)15(17)11-20(18)10-12-5-7-13(8-6-12)14-4-3-9-19-14/h3-9H,10-11H2,1-2H3/t20-/m1/s1. The molecule has 0 aliphatic heterocycles. The van der Waals surface area contributed by atoms with Crippen molar-refractivity contribution in [3.63, 3.8) is 0 Å². The molecule has 1 aromatic carbocycles. The average Bonchev–Trinajstić information content (AvgIpc) is 2.93. The Labute approximate surface area is 125 Å². The van der Waals surface area contributed by atoms with E-state index in [1.54, 1.807) is 25.4 Å². The van der Waals surface area contributed by atoms with Crippen molar-refractivity contribution in [2.24, 2.45) is 0 Å². The molecule has 1 atom stereocenters. The molecule has 2 aromatic rings. The van der Waals surface area contributed by atoms with Gasteiger partial charge in [-0.1, -0.05) is 30.3 Å². The number of benzene rings is 1. The van der Waals surface area contributed by atoms with E-state index in [4.69, 9.17) is 0 Å². The van der Waals surface area contributed by atoms with Crippen molar-refractivity contribution in [1.29, 1.82) is 0 Å². The van der Waals surface area contributed by atoms with E-state index in [0.717, 1.165) is 5.56 Å². The molecule has 0 saturated carbocycles. The van der Waals surface area contributed by atoms with E-state index in [9.17, 15) is 9.00 Å². The van der Waals surface area contributed by atoms with Crippen molar-refractivity contribution in [3.8, 4) is 10.4 Å². The van der Waals surface area contributed by atoms with Gasteiger partial charge >= 0.3 is 0 Å². The minimum Gasteiger partial charge on any atom is -0.348 e. The zero-order valence-electron chi connectivity index (χ0n) is 11.5. The highest BCUT2D eigenvalue weighted by Crippen LogP contribution is 2.24. The van der Waals surface area contributed by atoms with Gasteiger partial charge in [0, 0.05) is 35.5 Å². The molecule has 1 heterocycles. The molecule has 0 saturated heterocycles. The number of amides is 1. The Morgan fingerprint density at radius 2 is 1.90 bits per heavy atom. The quantitative estimate of drug-likeness (QED) is 0.852. The number of thiophene rings is 1. The van der Waals surface area contributed by atoms with Crippen LogP contribution in [0.4, 0.5) is 0 Å². The van der Waals surface area contributed by atoms with Gasteiger partial charge in [-0.2, -0.15) is 0 Å². The highest BCUT2D eigenvalue weighted by Gasteiger charge is 2.10. The smallest absolute Gasteiger partial charge is 0.234 e. The molecule has 0 aliphatic rings. The summed E-state index contributed by atoms with van der Waals surface area (Å²) in [6, 6.07) is 12.1.